The molecular formula is C20H27NO2S. The Hall–Kier alpha value is -1.81. The molecule has 0 aliphatic heterocycles. The standard InChI is InChI=1S/C20H27NO2S/c1-3-5-6-7-10-17-13-15-19(16-14-17)24(22,23)21-20-12-9-8-11-18(20)4-2/h8-9,11-16,21H,3-7,10H2,1-2H3. The van der Waals surface area contributed by atoms with Gasteiger partial charge in [0.25, 0.3) is 10.0 Å². The summed E-state index contributed by atoms with van der Waals surface area (Å²) in [5.74, 6) is 0. The molecule has 0 aliphatic rings. The molecule has 0 saturated heterocycles. The molecule has 0 atom stereocenters. The van der Waals surface area contributed by atoms with Gasteiger partial charge in [-0.1, -0.05) is 63.4 Å². The SMILES string of the molecule is CCCCCCc1ccc(S(=O)(=O)Nc2ccccc2CC)cc1. The highest BCUT2D eigenvalue weighted by Gasteiger charge is 2.15. The number of benzene rings is 2. The number of anilines is 1. The average molecular weight is 346 g/mol. The number of rotatable bonds is 9. The van der Waals surface area contributed by atoms with Crippen LogP contribution in [0.1, 0.15) is 50.7 Å². The minimum atomic E-state index is -3.54. The van der Waals surface area contributed by atoms with Crippen molar-refractivity contribution in [2.45, 2.75) is 57.3 Å². The van der Waals surface area contributed by atoms with Crippen LogP contribution in [0, 0.1) is 0 Å². The molecule has 1 N–H and O–H groups in total. The second-order valence-electron chi connectivity index (χ2n) is 6.07. The summed E-state index contributed by atoms with van der Waals surface area (Å²) in [6, 6.07) is 14.8. The molecule has 2 aromatic carbocycles. The largest absolute Gasteiger partial charge is 0.279 e. The normalized spacial score (nSPS) is 11.4. The van der Waals surface area contributed by atoms with E-state index in [9.17, 15) is 8.42 Å². The van der Waals surface area contributed by atoms with Gasteiger partial charge < -0.3 is 0 Å². The molecule has 0 amide bonds. The van der Waals surface area contributed by atoms with Gasteiger partial charge in [0, 0.05) is 0 Å². The molecule has 2 aromatic rings. The molecule has 130 valence electrons. The van der Waals surface area contributed by atoms with Crippen LogP contribution < -0.4 is 4.72 Å². The Kier molecular flexibility index (Phi) is 6.85. The lowest BCUT2D eigenvalue weighted by atomic mass is 10.1. The number of nitrogens with one attached hydrogen (secondary N) is 1. The highest BCUT2D eigenvalue weighted by Crippen LogP contribution is 2.21. The van der Waals surface area contributed by atoms with Crippen LogP contribution in [0.3, 0.4) is 0 Å². The summed E-state index contributed by atoms with van der Waals surface area (Å²) < 4.78 is 27.8. The molecule has 3 nitrogen and oxygen atoms in total. The molecule has 4 heteroatoms. The second-order valence-corrected chi connectivity index (χ2v) is 7.75. The molecule has 0 unspecified atom stereocenters. The van der Waals surface area contributed by atoms with Crippen molar-refractivity contribution in [2.24, 2.45) is 0 Å². The first-order valence-electron chi connectivity index (χ1n) is 8.76. The van der Waals surface area contributed by atoms with Crippen molar-refractivity contribution in [1.29, 1.82) is 0 Å². The fourth-order valence-electron chi connectivity index (χ4n) is 2.72. The van der Waals surface area contributed by atoms with Crippen LogP contribution in [0.4, 0.5) is 5.69 Å². The zero-order valence-electron chi connectivity index (χ0n) is 14.6. The first-order chi connectivity index (χ1) is 11.6. The van der Waals surface area contributed by atoms with Gasteiger partial charge in [-0.15, -0.1) is 0 Å². The van der Waals surface area contributed by atoms with E-state index in [-0.39, 0.29) is 0 Å². The third-order valence-corrected chi connectivity index (χ3v) is 5.58. The van der Waals surface area contributed by atoms with E-state index in [0.29, 0.717) is 10.6 Å². The van der Waals surface area contributed by atoms with E-state index < -0.39 is 10.0 Å². The van der Waals surface area contributed by atoms with Gasteiger partial charge in [-0.05, 0) is 48.6 Å². The van der Waals surface area contributed by atoms with E-state index in [1.54, 1.807) is 18.2 Å². The topological polar surface area (TPSA) is 46.2 Å². The van der Waals surface area contributed by atoms with Crippen molar-refractivity contribution in [3.8, 4) is 0 Å². The Morgan fingerprint density at radius 2 is 1.58 bits per heavy atom. The number of para-hydroxylation sites is 1. The summed E-state index contributed by atoms with van der Waals surface area (Å²) in [6.45, 7) is 4.21. The minimum absolute atomic E-state index is 0.311. The van der Waals surface area contributed by atoms with Crippen LogP contribution in [-0.2, 0) is 22.9 Å². The highest BCUT2D eigenvalue weighted by molar-refractivity contribution is 7.92. The Labute approximate surface area is 146 Å². The van der Waals surface area contributed by atoms with E-state index in [2.05, 4.69) is 11.6 Å². The molecule has 24 heavy (non-hydrogen) atoms. The van der Waals surface area contributed by atoms with Gasteiger partial charge in [-0.2, -0.15) is 0 Å². The summed E-state index contributed by atoms with van der Waals surface area (Å²) in [5.41, 5.74) is 2.84. The molecular weight excluding hydrogens is 318 g/mol. The summed E-state index contributed by atoms with van der Waals surface area (Å²) in [5, 5.41) is 0. The first-order valence-corrected chi connectivity index (χ1v) is 10.2. The van der Waals surface area contributed by atoms with E-state index in [1.165, 1.54) is 24.8 Å². The number of hydrogen-bond acceptors (Lipinski definition) is 2. The predicted molar refractivity (Wildman–Crippen MR) is 101 cm³/mol. The molecule has 0 heterocycles. The van der Waals surface area contributed by atoms with Crippen LogP contribution in [-0.4, -0.2) is 8.42 Å². The van der Waals surface area contributed by atoms with E-state index >= 15 is 0 Å². The molecule has 0 radical (unpaired) electrons. The van der Waals surface area contributed by atoms with E-state index in [0.717, 1.165) is 24.8 Å². The van der Waals surface area contributed by atoms with Crippen LogP contribution in [0.15, 0.2) is 53.4 Å². The van der Waals surface area contributed by atoms with Crippen molar-refractivity contribution in [2.75, 3.05) is 4.72 Å². The van der Waals surface area contributed by atoms with Crippen LogP contribution in [0.25, 0.3) is 0 Å². The van der Waals surface area contributed by atoms with E-state index in [4.69, 9.17) is 0 Å². The number of aryl methyl sites for hydroxylation is 2. The van der Waals surface area contributed by atoms with Gasteiger partial charge in [0.05, 0.1) is 10.6 Å². The lowest BCUT2D eigenvalue weighted by Gasteiger charge is -2.12. The zero-order chi connectivity index (χ0) is 17.4. The van der Waals surface area contributed by atoms with Crippen molar-refractivity contribution in [3.05, 3.63) is 59.7 Å². The Morgan fingerprint density at radius 1 is 0.875 bits per heavy atom. The molecule has 0 aromatic heterocycles. The number of sulfonamides is 1. The van der Waals surface area contributed by atoms with Crippen LogP contribution in [0.5, 0.6) is 0 Å². The first kappa shape index (κ1) is 18.5. The van der Waals surface area contributed by atoms with Crippen molar-refractivity contribution >= 4 is 15.7 Å². The number of unbranched alkanes of at least 4 members (excludes halogenated alkanes) is 3. The summed E-state index contributed by atoms with van der Waals surface area (Å²) in [7, 11) is -3.54. The van der Waals surface area contributed by atoms with Crippen molar-refractivity contribution in [1.82, 2.24) is 0 Å². The third-order valence-electron chi connectivity index (χ3n) is 4.20. The highest BCUT2D eigenvalue weighted by atomic mass is 32.2. The monoisotopic (exact) mass is 345 g/mol. The predicted octanol–water partition coefficient (Wildman–Crippen LogP) is 5.17. The van der Waals surface area contributed by atoms with Gasteiger partial charge >= 0.3 is 0 Å². The van der Waals surface area contributed by atoms with Crippen molar-refractivity contribution in [3.63, 3.8) is 0 Å². The number of hydrogen-bond donors (Lipinski definition) is 1. The summed E-state index contributed by atoms with van der Waals surface area (Å²) in [6.07, 6.45) is 6.66. The molecule has 0 spiro atoms. The molecule has 0 fully saturated rings. The van der Waals surface area contributed by atoms with Crippen LogP contribution in [0.2, 0.25) is 0 Å². The summed E-state index contributed by atoms with van der Waals surface area (Å²) >= 11 is 0. The maximum atomic E-state index is 12.6. The van der Waals surface area contributed by atoms with Gasteiger partial charge in [-0.3, -0.25) is 4.72 Å². The van der Waals surface area contributed by atoms with E-state index in [1.807, 2.05) is 37.3 Å². The zero-order valence-corrected chi connectivity index (χ0v) is 15.4. The lowest BCUT2D eigenvalue weighted by Crippen LogP contribution is -2.14. The van der Waals surface area contributed by atoms with Crippen LogP contribution >= 0.6 is 0 Å². The van der Waals surface area contributed by atoms with Gasteiger partial charge in [0.1, 0.15) is 0 Å². The molecule has 0 bridgehead atoms. The minimum Gasteiger partial charge on any atom is -0.279 e. The van der Waals surface area contributed by atoms with Gasteiger partial charge in [0.2, 0.25) is 0 Å². The lowest BCUT2D eigenvalue weighted by molar-refractivity contribution is 0.601. The molecule has 0 aliphatic carbocycles. The van der Waals surface area contributed by atoms with Gasteiger partial charge in [0.15, 0.2) is 0 Å². The maximum absolute atomic E-state index is 12.6. The maximum Gasteiger partial charge on any atom is 0.261 e. The Balaban J connectivity index is 2.06. The van der Waals surface area contributed by atoms with Crippen molar-refractivity contribution < 1.29 is 8.42 Å². The quantitative estimate of drug-likeness (QED) is 0.637. The molecule has 0 saturated carbocycles. The Morgan fingerprint density at radius 3 is 2.25 bits per heavy atom. The third kappa shape index (κ3) is 5.10. The van der Waals surface area contributed by atoms with Gasteiger partial charge in [-0.25, -0.2) is 8.42 Å². The fourth-order valence-corrected chi connectivity index (χ4v) is 3.82. The smallest absolute Gasteiger partial charge is 0.261 e. The Bertz CT molecular complexity index is 736. The average Bonchev–Trinajstić information content (AvgIpc) is 2.59. The fraction of sp³-hybridized carbons (Fsp3) is 0.400. The summed E-state index contributed by atoms with van der Waals surface area (Å²) in [4.78, 5) is 0.311. The second kappa shape index (κ2) is 8.88. The molecule has 2 rings (SSSR count).